The Balaban J connectivity index is 1.85. The number of aliphatic hydroxyl groups is 1. The molecule has 0 saturated heterocycles. The molecule has 8 heteroatoms. The number of non-ortho nitro benzene ring substituents is 1. The molecule has 0 unspecified atom stereocenters. The first-order valence-corrected chi connectivity index (χ1v) is 8.98. The van der Waals surface area contributed by atoms with Gasteiger partial charge in [0.05, 0.1) is 25.7 Å². The van der Waals surface area contributed by atoms with E-state index in [1.165, 1.54) is 12.1 Å². The van der Waals surface area contributed by atoms with Gasteiger partial charge in [-0.25, -0.2) is 0 Å². The lowest BCUT2D eigenvalue weighted by molar-refractivity contribution is -0.384. The maximum Gasteiger partial charge on any atom is 0.269 e. The quantitative estimate of drug-likeness (QED) is 0.440. The monoisotopic (exact) mass is 390 g/mol. The fraction of sp³-hybridized carbons (Fsp3) is 0.400. The molecule has 0 aliphatic heterocycles. The molecule has 0 atom stereocenters. The Labute approximate surface area is 164 Å². The third kappa shape index (κ3) is 6.40. The van der Waals surface area contributed by atoms with Crippen LogP contribution in [0.5, 0.6) is 17.2 Å². The molecular formula is C20H26N2O6. The third-order valence-electron chi connectivity index (χ3n) is 4.30. The maximum atomic E-state index is 10.7. The molecule has 0 fully saturated rings. The van der Waals surface area contributed by atoms with E-state index in [0.717, 1.165) is 18.5 Å². The van der Waals surface area contributed by atoms with Crippen molar-refractivity contribution in [1.82, 2.24) is 4.90 Å². The third-order valence-corrected chi connectivity index (χ3v) is 4.30. The Bertz CT molecular complexity index is 751. The molecule has 8 nitrogen and oxygen atoms in total. The first kappa shape index (κ1) is 21.5. The van der Waals surface area contributed by atoms with Gasteiger partial charge in [0.2, 0.25) is 0 Å². The van der Waals surface area contributed by atoms with Crippen LogP contribution in [0.15, 0.2) is 42.5 Å². The molecule has 1 N–H and O–H groups in total. The van der Waals surface area contributed by atoms with Crippen LogP contribution in [0.2, 0.25) is 0 Å². The zero-order chi connectivity index (χ0) is 20.4. The summed E-state index contributed by atoms with van der Waals surface area (Å²) >= 11 is 0. The Morgan fingerprint density at radius 1 is 1.00 bits per heavy atom. The highest BCUT2D eigenvalue weighted by Crippen LogP contribution is 2.27. The number of nitro benzene ring substituents is 1. The second kappa shape index (κ2) is 11.1. The van der Waals surface area contributed by atoms with Gasteiger partial charge in [0, 0.05) is 31.8 Å². The summed E-state index contributed by atoms with van der Waals surface area (Å²) in [4.78, 5) is 12.3. The number of rotatable bonds is 12. The second-order valence-electron chi connectivity index (χ2n) is 6.10. The summed E-state index contributed by atoms with van der Waals surface area (Å²) in [5, 5.41) is 20.0. The minimum Gasteiger partial charge on any atom is -0.493 e. The Morgan fingerprint density at radius 3 is 2.32 bits per heavy atom. The molecule has 152 valence electrons. The maximum absolute atomic E-state index is 10.7. The normalized spacial score (nSPS) is 10.7. The number of hydrogen-bond acceptors (Lipinski definition) is 7. The predicted molar refractivity (Wildman–Crippen MR) is 105 cm³/mol. The van der Waals surface area contributed by atoms with Crippen molar-refractivity contribution >= 4 is 5.69 Å². The fourth-order valence-corrected chi connectivity index (χ4v) is 2.76. The van der Waals surface area contributed by atoms with Crippen molar-refractivity contribution in [2.45, 2.75) is 6.42 Å². The van der Waals surface area contributed by atoms with E-state index in [1.807, 2.05) is 18.2 Å². The van der Waals surface area contributed by atoms with E-state index < -0.39 is 4.92 Å². The zero-order valence-electron chi connectivity index (χ0n) is 16.2. The van der Waals surface area contributed by atoms with Crippen LogP contribution >= 0.6 is 0 Å². The van der Waals surface area contributed by atoms with Crippen molar-refractivity contribution in [1.29, 1.82) is 0 Å². The number of nitro groups is 1. The van der Waals surface area contributed by atoms with Crippen LogP contribution in [0.4, 0.5) is 5.69 Å². The SMILES string of the molecule is COc1ccc(CCN(CCO)CCOc2ccc([N+](=O)[O-])cc2)cc1OC. The summed E-state index contributed by atoms with van der Waals surface area (Å²) in [5.41, 5.74) is 1.14. The number of benzene rings is 2. The van der Waals surface area contributed by atoms with E-state index in [2.05, 4.69) is 4.90 Å². The summed E-state index contributed by atoms with van der Waals surface area (Å²) in [5.74, 6) is 1.96. The van der Waals surface area contributed by atoms with Gasteiger partial charge in [-0.2, -0.15) is 0 Å². The topological polar surface area (TPSA) is 94.3 Å². The molecule has 0 bridgehead atoms. The van der Waals surface area contributed by atoms with Gasteiger partial charge in [-0.1, -0.05) is 6.07 Å². The number of ether oxygens (including phenoxy) is 3. The van der Waals surface area contributed by atoms with Gasteiger partial charge >= 0.3 is 0 Å². The lowest BCUT2D eigenvalue weighted by Gasteiger charge is -2.21. The van der Waals surface area contributed by atoms with E-state index in [-0.39, 0.29) is 12.3 Å². The predicted octanol–water partition coefficient (Wildman–Crippen LogP) is 2.53. The molecule has 0 heterocycles. The summed E-state index contributed by atoms with van der Waals surface area (Å²) in [6, 6.07) is 11.8. The fourth-order valence-electron chi connectivity index (χ4n) is 2.76. The van der Waals surface area contributed by atoms with Crippen LogP contribution in [0.3, 0.4) is 0 Å². The van der Waals surface area contributed by atoms with Crippen molar-refractivity contribution in [3.8, 4) is 17.2 Å². The van der Waals surface area contributed by atoms with Gasteiger partial charge in [-0.3, -0.25) is 15.0 Å². The molecule has 2 aromatic rings. The summed E-state index contributed by atoms with van der Waals surface area (Å²) in [7, 11) is 3.21. The van der Waals surface area contributed by atoms with Crippen LogP contribution in [0, 0.1) is 10.1 Å². The van der Waals surface area contributed by atoms with Crippen molar-refractivity contribution in [2.24, 2.45) is 0 Å². The highest BCUT2D eigenvalue weighted by molar-refractivity contribution is 5.43. The van der Waals surface area contributed by atoms with E-state index in [0.29, 0.717) is 36.9 Å². The van der Waals surface area contributed by atoms with Gasteiger partial charge < -0.3 is 19.3 Å². The first-order valence-electron chi connectivity index (χ1n) is 8.98. The standard InChI is InChI=1S/C20H26N2O6/c1-26-19-8-3-16(15-20(19)27-2)9-10-21(11-13-23)12-14-28-18-6-4-17(5-7-18)22(24)25/h3-8,15,23H,9-14H2,1-2H3. The van der Waals surface area contributed by atoms with E-state index >= 15 is 0 Å². The van der Waals surface area contributed by atoms with Crippen LogP contribution in [-0.4, -0.2) is 62.0 Å². The molecule has 0 aromatic heterocycles. The number of methoxy groups -OCH3 is 2. The molecule has 2 rings (SSSR count). The van der Waals surface area contributed by atoms with Gasteiger partial charge in [0.1, 0.15) is 12.4 Å². The van der Waals surface area contributed by atoms with Crippen LogP contribution in [0.1, 0.15) is 5.56 Å². The minimum absolute atomic E-state index is 0.0316. The van der Waals surface area contributed by atoms with E-state index in [4.69, 9.17) is 14.2 Å². The van der Waals surface area contributed by atoms with Crippen molar-refractivity contribution in [3.05, 3.63) is 58.1 Å². The van der Waals surface area contributed by atoms with Crippen LogP contribution in [-0.2, 0) is 6.42 Å². The van der Waals surface area contributed by atoms with E-state index in [1.54, 1.807) is 26.4 Å². The molecular weight excluding hydrogens is 364 g/mol. The van der Waals surface area contributed by atoms with Crippen molar-refractivity contribution in [2.75, 3.05) is 47.1 Å². The Kier molecular flexibility index (Phi) is 8.51. The molecule has 0 amide bonds. The average molecular weight is 390 g/mol. The highest BCUT2D eigenvalue weighted by Gasteiger charge is 2.09. The molecule has 2 aromatic carbocycles. The second-order valence-corrected chi connectivity index (χ2v) is 6.10. The minimum atomic E-state index is -0.444. The summed E-state index contributed by atoms with van der Waals surface area (Å²) in [6.07, 6.45) is 0.790. The molecule has 28 heavy (non-hydrogen) atoms. The molecule has 0 aliphatic rings. The zero-order valence-corrected chi connectivity index (χ0v) is 16.2. The summed E-state index contributed by atoms with van der Waals surface area (Å²) in [6.45, 7) is 2.40. The smallest absolute Gasteiger partial charge is 0.269 e. The van der Waals surface area contributed by atoms with Gasteiger partial charge in [0.25, 0.3) is 5.69 Å². The molecule has 0 radical (unpaired) electrons. The van der Waals surface area contributed by atoms with Crippen LogP contribution < -0.4 is 14.2 Å². The number of aliphatic hydroxyl groups excluding tert-OH is 1. The van der Waals surface area contributed by atoms with Gasteiger partial charge in [0.15, 0.2) is 11.5 Å². The molecule has 0 aliphatic carbocycles. The number of nitrogens with zero attached hydrogens (tertiary/aromatic N) is 2. The summed E-state index contributed by atoms with van der Waals surface area (Å²) < 4.78 is 16.2. The average Bonchev–Trinajstić information content (AvgIpc) is 2.72. The van der Waals surface area contributed by atoms with Crippen molar-refractivity contribution < 1.29 is 24.2 Å². The van der Waals surface area contributed by atoms with Gasteiger partial charge in [-0.15, -0.1) is 0 Å². The van der Waals surface area contributed by atoms with Gasteiger partial charge in [-0.05, 0) is 36.2 Å². The molecule has 0 saturated carbocycles. The van der Waals surface area contributed by atoms with Crippen LogP contribution in [0.25, 0.3) is 0 Å². The molecule has 0 spiro atoms. The number of hydrogen-bond donors (Lipinski definition) is 1. The van der Waals surface area contributed by atoms with E-state index in [9.17, 15) is 15.2 Å². The highest BCUT2D eigenvalue weighted by atomic mass is 16.6. The van der Waals surface area contributed by atoms with Crippen molar-refractivity contribution in [3.63, 3.8) is 0 Å². The Hall–Kier alpha value is -2.84. The lowest BCUT2D eigenvalue weighted by Crippen LogP contribution is -2.33. The first-order chi connectivity index (χ1) is 13.6. The Morgan fingerprint density at radius 2 is 1.71 bits per heavy atom. The largest absolute Gasteiger partial charge is 0.493 e. The lowest BCUT2D eigenvalue weighted by atomic mass is 10.1.